The lowest BCUT2D eigenvalue weighted by Crippen LogP contribution is -2.34. The number of carbonyl (C=O) groups is 1. The summed E-state index contributed by atoms with van der Waals surface area (Å²) in [5, 5.41) is 16.1. The molecule has 0 aromatic heterocycles. The van der Waals surface area contributed by atoms with Gasteiger partial charge in [-0.25, -0.2) is 0 Å². The molecule has 2 unspecified atom stereocenters. The van der Waals surface area contributed by atoms with Gasteiger partial charge in [0.25, 0.3) is 0 Å². The number of aliphatic hydroxyl groups is 1. The normalized spacial score (nSPS) is 18.6. The first-order valence-electron chi connectivity index (χ1n) is 7.49. The van der Waals surface area contributed by atoms with Gasteiger partial charge in [0.05, 0.1) is 18.1 Å². The second kappa shape index (κ2) is 8.98. The van der Waals surface area contributed by atoms with Crippen LogP contribution in [0, 0.1) is 5.92 Å². The van der Waals surface area contributed by atoms with Gasteiger partial charge in [0.1, 0.15) is 5.75 Å². The maximum atomic E-state index is 11.9. The van der Waals surface area contributed by atoms with Crippen molar-refractivity contribution in [2.45, 2.75) is 32.5 Å². The third-order valence-corrected chi connectivity index (χ3v) is 3.54. The molecule has 1 aromatic carbocycles. The number of rotatable bonds is 6. The van der Waals surface area contributed by atoms with Gasteiger partial charge in [-0.15, -0.1) is 12.4 Å². The summed E-state index contributed by atoms with van der Waals surface area (Å²) in [6.07, 6.45) is 0.292. The topological polar surface area (TPSA) is 70.6 Å². The van der Waals surface area contributed by atoms with E-state index in [1.54, 1.807) is 0 Å². The van der Waals surface area contributed by atoms with E-state index in [1.807, 2.05) is 38.1 Å². The fraction of sp³-hybridized carbons (Fsp3) is 0.562. The van der Waals surface area contributed by atoms with Crippen LogP contribution >= 0.6 is 12.4 Å². The highest BCUT2D eigenvalue weighted by atomic mass is 35.5. The average Bonchev–Trinajstić information content (AvgIpc) is 2.99. The molecule has 5 nitrogen and oxygen atoms in total. The SMILES string of the molecule is CC(C)Oc1ccc(C(O)CNC(=O)C2CCNC2)cc1.Cl. The van der Waals surface area contributed by atoms with E-state index in [0.717, 1.165) is 30.8 Å². The Hall–Kier alpha value is -1.30. The second-order valence-electron chi connectivity index (χ2n) is 5.69. The molecule has 0 saturated carbocycles. The molecule has 1 saturated heterocycles. The third kappa shape index (κ3) is 5.48. The molecule has 124 valence electrons. The van der Waals surface area contributed by atoms with Crippen LogP contribution in [0.3, 0.4) is 0 Å². The molecule has 2 rings (SSSR count). The van der Waals surface area contributed by atoms with Gasteiger partial charge in [-0.05, 0) is 44.5 Å². The van der Waals surface area contributed by atoms with E-state index in [9.17, 15) is 9.90 Å². The molecule has 1 fully saturated rings. The molecule has 0 aliphatic carbocycles. The number of hydrogen-bond donors (Lipinski definition) is 3. The first-order chi connectivity index (χ1) is 10.1. The molecule has 1 amide bonds. The number of amides is 1. The van der Waals surface area contributed by atoms with Crippen LogP contribution in [0.15, 0.2) is 24.3 Å². The summed E-state index contributed by atoms with van der Waals surface area (Å²) < 4.78 is 5.56. The summed E-state index contributed by atoms with van der Waals surface area (Å²) in [5.41, 5.74) is 0.774. The first kappa shape index (κ1) is 18.7. The van der Waals surface area contributed by atoms with Crippen molar-refractivity contribution in [3.05, 3.63) is 29.8 Å². The van der Waals surface area contributed by atoms with Gasteiger partial charge in [-0.1, -0.05) is 12.1 Å². The van der Waals surface area contributed by atoms with Crippen molar-refractivity contribution in [3.63, 3.8) is 0 Å². The van der Waals surface area contributed by atoms with Gasteiger partial charge in [-0.3, -0.25) is 4.79 Å². The number of carbonyl (C=O) groups excluding carboxylic acids is 1. The Kier molecular flexibility index (Phi) is 7.65. The van der Waals surface area contributed by atoms with Gasteiger partial charge >= 0.3 is 0 Å². The maximum Gasteiger partial charge on any atom is 0.224 e. The standard InChI is InChI=1S/C16H24N2O3.ClH/c1-11(2)21-14-5-3-12(4-6-14)15(19)10-18-16(20)13-7-8-17-9-13;/h3-6,11,13,15,17,19H,7-10H2,1-2H3,(H,18,20);1H. The van der Waals surface area contributed by atoms with Crippen LogP contribution in [0.2, 0.25) is 0 Å². The number of benzene rings is 1. The van der Waals surface area contributed by atoms with E-state index in [-0.39, 0.29) is 36.9 Å². The Balaban J connectivity index is 0.00000242. The number of halogens is 1. The molecule has 2 atom stereocenters. The van der Waals surface area contributed by atoms with Crippen LogP contribution in [0.1, 0.15) is 31.9 Å². The minimum atomic E-state index is -0.698. The highest BCUT2D eigenvalue weighted by Crippen LogP contribution is 2.18. The zero-order valence-electron chi connectivity index (χ0n) is 13.0. The third-order valence-electron chi connectivity index (χ3n) is 3.54. The van der Waals surface area contributed by atoms with Crippen molar-refractivity contribution < 1.29 is 14.6 Å². The van der Waals surface area contributed by atoms with E-state index in [2.05, 4.69) is 10.6 Å². The number of nitrogens with one attached hydrogen (secondary N) is 2. The fourth-order valence-corrected chi connectivity index (χ4v) is 2.38. The van der Waals surface area contributed by atoms with Gasteiger partial charge in [0, 0.05) is 13.1 Å². The highest BCUT2D eigenvalue weighted by Gasteiger charge is 2.22. The minimum Gasteiger partial charge on any atom is -0.491 e. The quantitative estimate of drug-likeness (QED) is 0.742. The van der Waals surface area contributed by atoms with Crippen molar-refractivity contribution in [1.29, 1.82) is 0 Å². The fourth-order valence-electron chi connectivity index (χ4n) is 2.38. The summed E-state index contributed by atoms with van der Waals surface area (Å²) in [6.45, 7) is 5.78. The molecule has 1 aromatic rings. The number of hydrogen-bond acceptors (Lipinski definition) is 4. The van der Waals surface area contributed by atoms with Crippen LogP contribution < -0.4 is 15.4 Å². The molecule has 22 heavy (non-hydrogen) atoms. The van der Waals surface area contributed by atoms with Crippen LogP contribution in [0.25, 0.3) is 0 Å². The molecule has 0 bridgehead atoms. The number of ether oxygens (including phenoxy) is 1. The molecule has 0 radical (unpaired) electrons. The molecule has 1 aliphatic heterocycles. The number of aliphatic hydroxyl groups excluding tert-OH is 1. The average molecular weight is 329 g/mol. The Morgan fingerprint density at radius 3 is 2.64 bits per heavy atom. The van der Waals surface area contributed by atoms with Crippen molar-refractivity contribution in [1.82, 2.24) is 10.6 Å². The summed E-state index contributed by atoms with van der Waals surface area (Å²) in [6, 6.07) is 7.32. The van der Waals surface area contributed by atoms with Crippen LogP contribution in [-0.2, 0) is 4.79 Å². The van der Waals surface area contributed by atoms with Crippen molar-refractivity contribution >= 4 is 18.3 Å². The lowest BCUT2D eigenvalue weighted by molar-refractivity contribution is -0.124. The van der Waals surface area contributed by atoms with E-state index >= 15 is 0 Å². The monoisotopic (exact) mass is 328 g/mol. The lowest BCUT2D eigenvalue weighted by atomic mass is 10.1. The summed E-state index contributed by atoms with van der Waals surface area (Å²) in [4.78, 5) is 11.9. The van der Waals surface area contributed by atoms with Gasteiger partial charge in [0.15, 0.2) is 0 Å². The largest absolute Gasteiger partial charge is 0.491 e. The van der Waals surface area contributed by atoms with Crippen LogP contribution in [0.4, 0.5) is 0 Å². The second-order valence-corrected chi connectivity index (χ2v) is 5.69. The molecule has 1 heterocycles. The van der Waals surface area contributed by atoms with E-state index in [0.29, 0.717) is 0 Å². The predicted molar refractivity (Wildman–Crippen MR) is 88.4 cm³/mol. The Bertz CT molecular complexity index is 459. The minimum absolute atomic E-state index is 0. The summed E-state index contributed by atoms with van der Waals surface area (Å²) in [5.74, 6) is 0.819. The molecule has 3 N–H and O–H groups in total. The van der Waals surface area contributed by atoms with E-state index < -0.39 is 6.10 Å². The predicted octanol–water partition coefficient (Wildman–Crippen LogP) is 1.65. The van der Waals surface area contributed by atoms with Crippen molar-refractivity contribution in [2.75, 3.05) is 19.6 Å². The van der Waals surface area contributed by atoms with Crippen LogP contribution in [-0.4, -0.2) is 36.8 Å². The molecule has 6 heteroatoms. The Labute approximate surface area is 137 Å². The van der Waals surface area contributed by atoms with E-state index in [4.69, 9.17) is 4.74 Å². The van der Waals surface area contributed by atoms with Gasteiger partial charge in [0.2, 0.25) is 5.91 Å². The lowest BCUT2D eigenvalue weighted by Gasteiger charge is -2.15. The van der Waals surface area contributed by atoms with Crippen molar-refractivity contribution in [3.8, 4) is 5.75 Å². The molecule has 1 aliphatic rings. The summed E-state index contributed by atoms with van der Waals surface area (Å²) >= 11 is 0. The summed E-state index contributed by atoms with van der Waals surface area (Å²) in [7, 11) is 0. The molecular weight excluding hydrogens is 304 g/mol. The zero-order chi connectivity index (χ0) is 15.2. The Morgan fingerprint density at radius 1 is 1.41 bits per heavy atom. The zero-order valence-corrected chi connectivity index (χ0v) is 13.9. The molecule has 0 spiro atoms. The van der Waals surface area contributed by atoms with Crippen LogP contribution in [0.5, 0.6) is 5.75 Å². The highest BCUT2D eigenvalue weighted by molar-refractivity contribution is 5.85. The molecular formula is C16H25ClN2O3. The van der Waals surface area contributed by atoms with Crippen molar-refractivity contribution in [2.24, 2.45) is 5.92 Å². The maximum absolute atomic E-state index is 11.9. The first-order valence-corrected chi connectivity index (χ1v) is 7.49. The van der Waals surface area contributed by atoms with Gasteiger partial charge < -0.3 is 20.5 Å². The van der Waals surface area contributed by atoms with E-state index in [1.165, 1.54) is 0 Å². The smallest absolute Gasteiger partial charge is 0.224 e. The van der Waals surface area contributed by atoms with Gasteiger partial charge in [-0.2, -0.15) is 0 Å². The Morgan fingerprint density at radius 2 is 2.09 bits per heavy atom.